The van der Waals surface area contributed by atoms with Crippen molar-refractivity contribution < 1.29 is 13.7 Å². The van der Waals surface area contributed by atoms with E-state index in [1.54, 1.807) is 6.26 Å². The molecule has 1 saturated heterocycles. The van der Waals surface area contributed by atoms with Crippen LogP contribution in [0.4, 0.5) is 5.82 Å². The number of carbonyl (C=O) groups excluding carboxylic acids is 1. The Labute approximate surface area is 221 Å². The number of nitrogens with zero attached hydrogens (tertiary/aromatic N) is 3. The Balaban J connectivity index is 1.30. The molecule has 8 heteroatoms. The van der Waals surface area contributed by atoms with Gasteiger partial charge >= 0.3 is 0 Å². The van der Waals surface area contributed by atoms with Crippen LogP contribution in [-0.2, 0) is 26.8 Å². The van der Waals surface area contributed by atoms with Crippen LogP contribution >= 0.6 is 0 Å². The highest BCUT2D eigenvalue weighted by atomic mass is 32.2. The zero-order valence-corrected chi connectivity index (χ0v) is 22.7. The number of ether oxygens (including phenoxy) is 1. The van der Waals surface area contributed by atoms with Gasteiger partial charge in [-0.3, -0.25) is 14.0 Å². The topological polar surface area (TPSA) is 84.4 Å². The number of aromatic nitrogens is 2. The highest BCUT2D eigenvalue weighted by Gasteiger charge is 2.26. The van der Waals surface area contributed by atoms with E-state index in [9.17, 15) is 9.00 Å². The number of nitrogens with one attached hydrogen (secondary N) is 1. The van der Waals surface area contributed by atoms with E-state index < -0.39 is 10.8 Å². The Morgan fingerprint density at radius 3 is 2.70 bits per heavy atom. The Hall–Kier alpha value is -2.84. The first kappa shape index (κ1) is 25.8. The fourth-order valence-corrected chi connectivity index (χ4v) is 6.59. The molecule has 1 saturated carbocycles. The third-order valence-electron chi connectivity index (χ3n) is 7.35. The lowest BCUT2D eigenvalue weighted by Gasteiger charge is -2.36. The summed E-state index contributed by atoms with van der Waals surface area (Å²) in [5.74, 6) is 0.933. The van der Waals surface area contributed by atoms with Gasteiger partial charge in [0.05, 0.1) is 30.0 Å². The largest absolute Gasteiger partial charge is 0.372 e. The van der Waals surface area contributed by atoms with Crippen molar-refractivity contribution in [1.82, 2.24) is 15.3 Å². The van der Waals surface area contributed by atoms with E-state index in [-0.39, 0.29) is 35.8 Å². The number of rotatable bonds is 6. The molecule has 3 aromatic rings. The van der Waals surface area contributed by atoms with Gasteiger partial charge in [0.1, 0.15) is 5.82 Å². The van der Waals surface area contributed by atoms with Crippen LogP contribution in [0.5, 0.6) is 0 Å². The van der Waals surface area contributed by atoms with Crippen LogP contribution in [0.3, 0.4) is 0 Å². The summed E-state index contributed by atoms with van der Waals surface area (Å²) in [7, 11) is -0.843. The van der Waals surface area contributed by atoms with Crippen molar-refractivity contribution >= 4 is 33.3 Å². The molecule has 5 unspecified atom stereocenters. The molecule has 2 aromatic heterocycles. The van der Waals surface area contributed by atoms with Crippen molar-refractivity contribution in [3.8, 4) is 11.3 Å². The quantitative estimate of drug-likeness (QED) is 0.523. The van der Waals surface area contributed by atoms with Crippen molar-refractivity contribution in [3.05, 3.63) is 54.4 Å². The Kier molecular flexibility index (Phi) is 7.86. The Morgan fingerprint density at radius 1 is 1.11 bits per heavy atom. The van der Waals surface area contributed by atoms with E-state index >= 15 is 0 Å². The lowest BCUT2D eigenvalue weighted by atomic mass is 9.95. The Morgan fingerprint density at radius 2 is 1.92 bits per heavy atom. The summed E-state index contributed by atoms with van der Waals surface area (Å²) in [4.78, 5) is 24.6. The summed E-state index contributed by atoms with van der Waals surface area (Å²) >= 11 is 0. The van der Waals surface area contributed by atoms with Crippen LogP contribution < -0.4 is 10.2 Å². The molecule has 1 N–H and O–H groups in total. The van der Waals surface area contributed by atoms with Gasteiger partial charge in [0.15, 0.2) is 0 Å². The molecule has 0 bridgehead atoms. The van der Waals surface area contributed by atoms with E-state index in [4.69, 9.17) is 9.72 Å². The molecule has 0 spiro atoms. The van der Waals surface area contributed by atoms with Gasteiger partial charge in [-0.25, -0.2) is 4.98 Å². The zero-order chi connectivity index (χ0) is 25.9. The molecule has 5 rings (SSSR count). The number of fused-ring (bicyclic) bond motifs is 1. The van der Waals surface area contributed by atoms with Gasteiger partial charge in [0.2, 0.25) is 5.91 Å². The average molecular weight is 521 g/mol. The predicted molar refractivity (Wildman–Crippen MR) is 149 cm³/mol. The first-order valence-corrected chi connectivity index (χ1v) is 14.8. The van der Waals surface area contributed by atoms with Gasteiger partial charge in [-0.05, 0) is 62.8 Å². The van der Waals surface area contributed by atoms with E-state index in [1.165, 1.54) is 0 Å². The number of hydrogen-bond acceptors (Lipinski definition) is 6. The van der Waals surface area contributed by atoms with Crippen LogP contribution in [0.25, 0.3) is 22.0 Å². The van der Waals surface area contributed by atoms with E-state index in [2.05, 4.69) is 59.4 Å². The van der Waals surface area contributed by atoms with Crippen LogP contribution in [0.1, 0.15) is 45.2 Å². The average Bonchev–Trinajstić information content (AvgIpc) is 2.88. The van der Waals surface area contributed by atoms with Gasteiger partial charge in [0, 0.05) is 58.6 Å². The van der Waals surface area contributed by atoms with Crippen molar-refractivity contribution in [3.63, 3.8) is 0 Å². The van der Waals surface area contributed by atoms with Crippen molar-refractivity contribution in [2.24, 2.45) is 0 Å². The molecule has 196 valence electrons. The van der Waals surface area contributed by atoms with E-state index in [0.29, 0.717) is 0 Å². The molecule has 2 aliphatic rings. The van der Waals surface area contributed by atoms with Gasteiger partial charge in [-0.15, -0.1) is 0 Å². The maximum atomic E-state index is 12.8. The summed E-state index contributed by atoms with van der Waals surface area (Å²) < 4.78 is 17.8. The summed E-state index contributed by atoms with van der Waals surface area (Å²) in [6, 6.07) is 14.5. The molecule has 7 nitrogen and oxygen atoms in total. The number of anilines is 1. The van der Waals surface area contributed by atoms with E-state index in [1.807, 2.05) is 18.3 Å². The summed E-state index contributed by atoms with van der Waals surface area (Å²) in [6.07, 6.45) is 7.90. The van der Waals surface area contributed by atoms with Crippen LogP contribution in [0.2, 0.25) is 0 Å². The molecule has 2 fully saturated rings. The maximum absolute atomic E-state index is 12.8. The number of morpholine rings is 1. The second kappa shape index (κ2) is 11.3. The SMILES string of the molecule is CC1CN(c2cccc(-c3ccc4cnc(CC(=O)NC5CCCC(S(C)=O)C5)cc4c3)n2)CC(C)O1. The molecule has 1 amide bonds. The number of amides is 1. The fraction of sp³-hybridized carbons (Fsp3) is 0.483. The number of benzene rings is 1. The second-order valence-corrected chi connectivity index (χ2v) is 12.2. The van der Waals surface area contributed by atoms with Gasteiger partial charge in [-0.1, -0.05) is 24.6 Å². The summed E-state index contributed by atoms with van der Waals surface area (Å²) in [5, 5.41) is 5.39. The van der Waals surface area contributed by atoms with Crippen LogP contribution in [0.15, 0.2) is 48.7 Å². The number of pyridine rings is 2. The minimum atomic E-state index is -0.843. The molecule has 37 heavy (non-hydrogen) atoms. The molecular formula is C29H36N4O3S. The normalized spacial score (nSPS) is 25.1. The minimum Gasteiger partial charge on any atom is -0.372 e. The summed E-state index contributed by atoms with van der Waals surface area (Å²) in [5.41, 5.74) is 2.69. The highest BCUT2D eigenvalue weighted by molar-refractivity contribution is 7.84. The molecule has 1 aromatic carbocycles. The number of hydrogen-bond donors (Lipinski definition) is 1. The van der Waals surface area contributed by atoms with Crippen LogP contribution in [0, 0.1) is 0 Å². The lowest BCUT2D eigenvalue weighted by Crippen LogP contribution is -2.45. The van der Waals surface area contributed by atoms with Crippen molar-refractivity contribution in [2.45, 2.75) is 69.5 Å². The first-order valence-electron chi connectivity index (χ1n) is 13.2. The molecule has 5 atom stereocenters. The van der Waals surface area contributed by atoms with Crippen molar-refractivity contribution in [2.75, 3.05) is 24.2 Å². The predicted octanol–water partition coefficient (Wildman–Crippen LogP) is 4.26. The van der Waals surface area contributed by atoms with Crippen LogP contribution in [-0.4, -0.2) is 62.9 Å². The van der Waals surface area contributed by atoms with Crippen molar-refractivity contribution in [1.29, 1.82) is 0 Å². The standard InChI is InChI=1S/C29H36N4O3S/c1-19-17-33(18-20(2)36-19)28-9-5-8-27(32-28)21-10-11-22-16-30-25(13-23(22)12-21)15-29(34)31-24-6-4-7-26(14-24)37(3)35/h5,8-13,16,19-20,24,26H,4,6-7,14-15,17-18H2,1-3H3,(H,31,34). The smallest absolute Gasteiger partial charge is 0.226 e. The molecule has 3 heterocycles. The first-order chi connectivity index (χ1) is 17.8. The number of carbonyl (C=O) groups is 1. The third kappa shape index (κ3) is 6.36. The maximum Gasteiger partial charge on any atom is 0.226 e. The molecule has 0 radical (unpaired) electrons. The third-order valence-corrected chi connectivity index (χ3v) is 8.72. The minimum absolute atomic E-state index is 0.0288. The zero-order valence-electron chi connectivity index (χ0n) is 21.9. The van der Waals surface area contributed by atoms with Gasteiger partial charge in [-0.2, -0.15) is 0 Å². The van der Waals surface area contributed by atoms with Gasteiger partial charge in [0.25, 0.3) is 0 Å². The van der Waals surface area contributed by atoms with Gasteiger partial charge < -0.3 is 15.0 Å². The fourth-order valence-electron chi connectivity index (χ4n) is 5.59. The second-order valence-electron chi connectivity index (χ2n) is 10.5. The molecular weight excluding hydrogens is 484 g/mol. The van der Waals surface area contributed by atoms with E-state index in [0.717, 1.165) is 72.3 Å². The lowest BCUT2D eigenvalue weighted by molar-refractivity contribution is -0.121. The molecule has 1 aliphatic heterocycles. The summed E-state index contributed by atoms with van der Waals surface area (Å²) in [6.45, 7) is 5.85. The monoisotopic (exact) mass is 520 g/mol. The Bertz CT molecular complexity index is 1290. The highest BCUT2D eigenvalue weighted by Crippen LogP contribution is 2.27. The molecule has 1 aliphatic carbocycles.